The highest BCUT2D eigenvalue weighted by Gasteiger charge is 2.41. The van der Waals surface area contributed by atoms with E-state index in [0.717, 1.165) is 35.7 Å². The Balaban J connectivity index is 1.73. The summed E-state index contributed by atoms with van der Waals surface area (Å²) in [5.74, 6) is 1.87. The number of para-hydroxylation sites is 1. The van der Waals surface area contributed by atoms with Crippen LogP contribution >= 0.6 is 11.8 Å². The summed E-state index contributed by atoms with van der Waals surface area (Å²) in [5.41, 5.74) is 1.70. The van der Waals surface area contributed by atoms with Crippen molar-refractivity contribution in [2.45, 2.75) is 38.6 Å². The molecule has 1 aliphatic heterocycles. The molecule has 0 spiro atoms. The third-order valence-electron chi connectivity index (χ3n) is 5.94. The minimum absolute atomic E-state index is 0.0244. The number of carbonyl (C=O) groups excluding carboxylic acids is 1. The van der Waals surface area contributed by atoms with Gasteiger partial charge >= 0.3 is 0 Å². The molecule has 2 fully saturated rings. The average molecular weight is 437 g/mol. The zero-order valence-electron chi connectivity index (χ0n) is 18.2. The number of methoxy groups -OCH3 is 2. The van der Waals surface area contributed by atoms with E-state index >= 15 is 0 Å². The van der Waals surface area contributed by atoms with Gasteiger partial charge in [0.2, 0.25) is 0 Å². The van der Waals surface area contributed by atoms with Gasteiger partial charge in [-0.3, -0.25) is 9.69 Å². The predicted octanol–water partition coefficient (Wildman–Crippen LogP) is 5.89. The first-order valence-corrected chi connectivity index (χ1v) is 11.5. The van der Waals surface area contributed by atoms with Crippen molar-refractivity contribution in [1.82, 2.24) is 4.90 Å². The van der Waals surface area contributed by atoms with Crippen molar-refractivity contribution in [2.24, 2.45) is 10.9 Å². The first-order chi connectivity index (χ1) is 15.1. The van der Waals surface area contributed by atoms with Crippen LogP contribution in [-0.2, 0) is 4.79 Å². The molecule has 31 heavy (non-hydrogen) atoms. The molecule has 2 atom stereocenters. The third-order valence-corrected chi connectivity index (χ3v) is 6.93. The van der Waals surface area contributed by atoms with Gasteiger partial charge in [0.1, 0.15) is 11.5 Å². The maximum Gasteiger partial charge on any atom is 0.267 e. The van der Waals surface area contributed by atoms with Crippen LogP contribution in [0.1, 0.15) is 38.2 Å². The van der Waals surface area contributed by atoms with Gasteiger partial charge in [-0.1, -0.05) is 38.0 Å². The average Bonchev–Trinajstić information content (AvgIpc) is 3.09. The van der Waals surface area contributed by atoms with Crippen molar-refractivity contribution < 1.29 is 14.3 Å². The Morgan fingerprint density at radius 2 is 1.84 bits per heavy atom. The molecule has 0 radical (unpaired) electrons. The Hall–Kier alpha value is -2.73. The van der Waals surface area contributed by atoms with Gasteiger partial charge in [0.05, 0.1) is 24.8 Å². The molecule has 1 amide bonds. The van der Waals surface area contributed by atoms with Gasteiger partial charge in [0.15, 0.2) is 5.17 Å². The Bertz CT molecular complexity index is 1000. The zero-order valence-corrected chi connectivity index (χ0v) is 19.0. The quantitative estimate of drug-likeness (QED) is 0.549. The largest absolute Gasteiger partial charge is 0.497 e. The van der Waals surface area contributed by atoms with E-state index in [1.54, 1.807) is 14.2 Å². The SMILES string of the molecule is COc1ccc(/C=C2\SC(=Nc3ccccc3)N([C@@H]3CCCC[C@@H]3C)C2=O)c(OC)c1. The second-order valence-corrected chi connectivity index (χ2v) is 8.96. The highest BCUT2D eigenvalue weighted by atomic mass is 32.2. The Labute approximate surface area is 188 Å². The first kappa shape index (κ1) is 21.5. The number of amidine groups is 1. The number of aliphatic imine (C=N–C) groups is 1. The fraction of sp³-hybridized carbons (Fsp3) is 0.360. The number of thioether (sulfide) groups is 1. The van der Waals surface area contributed by atoms with Crippen molar-refractivity contribution >= 4 is 34.6 Å². The molecule has 0 aromatic heterocycles. The van der Waals surface area contributed by atoms with Crippen LogP contribution in [-0.4, -0.2) is 36.2 Å². The van der Waals surface area contributed by atoms with E-state index in [4.69, 9.17) is 14.5 Å². The monoisotopic (exact) mass is 436 g/mol. The number of benzene rings is 2. The van der Waals surface area contributed by atoms with Crippen molar-refractivity contribution in [3.05, 3.63) is 59.0 Å². The van der Waals surface area contributed by atoms with Crippen LogP contribution in [0, 0.1) is 5.92 Å². The molecular formula is C25H28N2O3S. The standard InChI is InChI=1S/C25H28N2O3S/c1-17-9-7-8-12-21(17)27-24(28)23(31-25(27)26-19-10-5-4-6-11-19)15-18-13-14-20(29-2)16-22(18)30-3/h4-6,10-11,13-17,21H,7-9,12H2,1-3H3/b23-15-,26-25?/t17-,21+/m0/s1. The van der Waals surface area contributed by atoms with E-state index in [9.17, 15) is 4.79 Å². The Morgan fingerprint density at radius 1 is 1.06 bits per heavy atom. The summed E-state index contributed by atoms with van der Waals surface area (Å²) in [4.78, 5) is 21.0. The second-order valence-electron chi connectivity index (χ2n) is 7.95. The number of carbonyl (C=O) groups is 1. The normalized spacial score (nSPS) is 24.1. The van der Waals surface area contributed by atoms with Gasteiger partial charge in [0.25, 0.3) is 5.91 Å². The number of rotatable bonds is 5. The van der Waals surface area contributed by atoms with Crippen molar-refractivity contribution in [3.8, 4) is 11.5 Å². The molecule has 1 aliphatic carbocycles. The van der Waals surface area contributed by atoms with Crippen LogP contribution in [0.5, 0.6) is 11.5 Å². The molecular weight excluding hydrogens is 408 g/mol. The molecule has 0 bridgehead atoms. The van der Waals surface area contributed by atoms with Gasteiger partial charge in [-0.25, -0.2) is 4.99 Å². The van der Waals surface area contributed by atoms with E-state index < -0.39 is 0 Å². The zero-order chi connectivity index (χ0) is 21.8. The molecule has 2 aliphatic rings. The summed E-state index contributed by atoms with van der Waals surface area (Å²) in [6.07, 6.45) is 6.43. The summed E-state index contributed by atoms with van der Waals surface area (Å²) in [6, 6.07) is 15.6. The molecule has 0 unspecified atom stereocenters. The van der Waals surface area contributed by atoms with Crippen LogP contribution in [0.3, 0.4) is 0 Å². The van der Waals surface area contributed by atoms with Crippen LogP contribution < -0.4 is 9.47 Å². The van der Waals surface area contributed by atoms with Crippen LogP contribution in [0.15, 0.2) is 58.4 Å². The van der Waals surface area contributed by atoms with Crippen molar-refractivity contribution in [1.29, 1.82) is 0 Å². The summed E-state index contributed by atoms with van der Waals surface area (Å²) in [5, 5.41) is 0.758. The summed E-state index contributed by atoms with van der Waals surface area (Å²) in [6.45, 7) is 2.25. The molecule has 4 rings (SSSR count). The lowest BCUT2D eigenvalue weighted by atomic mass is 9.85. The number of ether oxygens (including phenoxy) is 2. The summed E-state index contributed by atoms with van der Waals surface area (Å²) < 4.78 is 10.8. The fourth-order valence-electron chi connectivity index (χ4n) is 4.23. The molecule has 1 saturated heterocycles. The maximum atomic E-state index is 13.6. The number of hydrogen-bond acceptors (Lipinski definition) is 5. The molecule has 162 valence electrons. The van der Waals surface area contributed by atoms with Crippen LogP contribution in [0.4, 0.5) is 5.69 Å². The molecule has 2 aromatic rings. The minimum Gasteiger partial charge on any atom is -0.497 e. The van der Waals surface area contributed by atoms with Crippen LogP contribution in [0.25, 0.3) is 6.08 Å². The first-order valence-electron chi connectivity index (χ1n) is 10.7. The summed E-state index contributed by atoms with van der Waals surface area (Å²) in [7, 11) is 3.25. The van der Waals surface area contributed by atoms with Crippen molar-refractivity contribution in [2.75, 3.05) is 14.2 Å². The van der Waals surface area contributed by atoms with Gasteiger partial charge in [-0.05, 0) is 60.9 Å². The van der Waals surface area contributed by atoms with E-state index in [1.807, 2.05) is 59.5 Å². The molecule has 5 nitrogen and oxygen atoms in total. The van der Waals surface area contributed by atoms with Crippen molar-refractivity contribution in [3.63, 3.8) is 0 Å². The van der Waals surface area contributed by atoms with E-state index in [0.29, 0.717) is 22.3 Å². The molecule has 1 heterocycles. The third kappa shape index (κ3) is 4.64. The lowest BCUT2D eigenvalue weighted by Crippen LogP contribution is -2.44. The topological polar surface area (TPSA) is 51.1 Å². The maximum absolute atomic E-state index is 13.6. The second kappa shape index (κ2) is 9.60. The molecule has 1 saturated carbocycles. The summed E-state index contributed by atoms with van der Waals surface area (Å²) >= 11 is 1.44. The molecule has 6 heteroatoms. The van der Waals surface area contributed by atoms with E-state index in [1.165, 1.54) is 18.2 Å². The van der Waals surface area contributed by atoms with Gasteiger partial charge in [0, 0.05) is 17.7 Å². The van der Waals surface area contributed by atoms with Gasteiger partial charge in [-0.15, -0.1) is 0 Å². The van der Waals surface area contributed by atoms with Crippen LogP contribution in [0.2, 0.25) is 0 Å². The molecule has 0 N–H and O–H groups in total. The van der Waals surface area contributed by atoms with Gasteiger partial charge < -0.3 is 9.47 Å². The lowest BCUT2D eigenvalue weighted by molar-refractivity contribution is -0.124. The van der Waals surface area contributed by atoms with E-state index in [2.05, 4.69) is 6.92 Å². The number of amides is 1. The lowest BCUT2D eigenvalue weighted by Gasteiger charge is -2.35. The number of nitrogens with zero attached hydrogens (tertiary/aromatic N) is 2. The number of hydrogen-bond donors (Lipinski definition) is 0. The smallest absolute Gasteiger partial charge is 0.267 e. The Morgan fingerprint density at radius 3 is 2.55 bits per heavy atom. The minimum atomic E-state index is 0.0244. The van der Waals surface area contributed by atoms with E-state index in [-0.39, 0.29) is 11.9 Å². The predicted molar refractivity (Wildman–Crippen MR) is 127 cm³/mol. The fourth-order valence-corrected chi connectivity index (χ4v) is 5.27. The molecule has 2 aromatic carbocycles. The highest BCUT2D eigenvalue weighted by Crippen LogP contribution is 2.41. The van der Waals surface area contributed by atoms with Gasteiger partial charge in [-0.2, -0.15) is 0 Å². The highest BCUT2D eigenvalue weighted by molar-refractivity contribution is 8.18. The Kier molecular flexibility index (Phi) is 6.66.